The van der Waals surface area contributed by atoms with Crippen molar-refractivity contribution in [3.63, 3.8) is 0 Å². The smallest absolute Gasteiger partial charge is 0.433 e. The van der Waals surface area contributed by atoms with Gasteiger partial charge in [0.2, 0.25) is 11.7 Å². The molecule has 0 saturated carbocycles. The number of piperazine rings is 1. The van der Waals surface area contributed by atoms with E-state index in [0.29, 0.717) is 32.0 Å². The lowest BCUT2D eigenvalue weighted by atomic mass is 10.3. The predicted molar refractivity (Wildman–Crippen MR) is 88.1 cm³/mol. The summed E-state index contributed by atoms with van der Waals surface area (Å²) in [5.74, 6) is -0.859. The molecule has 11 heteroatoms. The molecule has 2 aromatic heterocycles. The number of hydrogen-bond acceptors (Lipinski definition) is 7. The molecule has 0 radical (unpaired) electrons. The molecular formula is C16H15F3N6O2. The number of ether oxygens (including phenoxy) is 1. The lowest BCUT2D eigenvalue weighted by molar-refractivity contribution is -0.145. The van der Waals surface area contributed by atoms with Crippen LogP contribution in [0.3, 0.4) is 0 Å². The zero-order valence-electron chi connectivity index (χ0n) is 14.1. The highest BCUT2D eigenvalue weighted by molar-refractivity contribution is 5.87. The van der Waals surface area contributed by atoms with Gasteiger partial charge in [-0.2, -0.15) is 13.2 Å². The van der Waals surface area contributed by atoms with E-state index in [4.69, 9.17) is 4.74 Å². The summed E-state index contributed by atoms with van der Waals surface area (Å²) in [5, 5.41) is 0. The molecule has 3 heterocycles. The Morgan fingerprint density at radius 2 is 1.70 bits per heavy atom. The Morgan fingerprint density at radius 3 is 2.30 bits per heavy atom. The van der Waals surface area contributed by atoms with E-state index < -0.39 is 12.0 Å². The van der Waals surface area contributed by atoms with E-state index in [1.165, 1.54) is 18.5 Å². The molecule has 1 fully saturated rings. The van der Waals surface area contributed by atoms with Gasteiger partial charge in [0.25, 0.3) is 5.88 Å². The van der Waals surface area contributed by atoms with Gasteiger partial charge in [-0.3, -0.25) is 4.79 Å². The Labute approximate surface area is 152 Å². The highest BCUT2D eigenvalue weighted by Gasteiger charge is 2.34. The second kappa shape index (κ2) is 7.56. The summed E-state index contributed by atoms with van der Waals surface area (Å²) >= 11 is 0. The van der Waals surface area contributed by atoms with Crippen LogP contribution in [-0.2, 0) is 11.0 Å². The monoisotopic (exact) mass is 380 g/mol. The summed E-state index contributed by atoms with van der Waals surface area (Å²) < 4.78 is 43.1. The van der Waals surface area contributed by atoms with Crippen LogP contribution >= 0.6 is 0 Å². The van der Waals surface area contributed by atoms with Gasteiger partial charge in [-0.05, 0) is 6.08 Å². The van der Waals surface area contributed by atoms with Gasteiger partial charge in [0.15, 0.2) is 11.6 Å². The summed E-state index contributed by atoms with van der Waals surface area (Å²) in [5.41, 5.74) is 0. The normalized spacial score (nSPS) is 14.8. The Morgan fingerprint density at radius 1 is 1.07 bits per heavy atom. The van der Waals surface area contributed by atoms with Crippen LogP contribution in [0.15, 0.2) is 37.4 Å². The molecule has 1 aliphatic heterocycles. The molecule has 2 aromatic rings. The van der Waals surface area contributed by atoms with Gasteiger partial charge >= 0.3 is 6.18 Å². The fourth-order valence-electron chi connectivity index (χ4n) is 2.50. The van der Waals surface area contributed by atoms with Crippen LogP contribution in [-0.4, -0.2) is 56.9 Å². The minimum atomic E-state index is -4.63. The van der Waals surface area contributed by atoms with Gasteiger partial charge in [-0.15, -0.1) is 0 Å². The number of halogens is 3. The molecular weight excluding hydrogens is 365 g/mol. The molecule has 8 nitrogen and oxygen atoms in total. The molecule has 0 bridgehead atoms. The van der Waals surface area contributed by atoms with Crippen molar-refractivity contribution in [2.24, 2.45) is 0 Å². The first kappa shape index (κ1) is 18.5. The lowest BCUT2D eigenvalue weighted by Gasteiger charge is -2.35. The van der Waals surface area contributed by atoms with Crippen molar-refractivity contribution in [3.8, 4) is 11.6 Å². The average Bonchev–Trinajstić information content (AvgIpc) is 2.68. The number of rotatable bonds is 4. The van der Waals surface area contributed by atoms with Gasteiger partial charge in [0.05, 0.1) is 12.4 Å². The SMILES string of the molecule is C=CC(=O)N1CCN(c2nccnc2Oc2cnc(C(F)(F)F)nc2)CC1. The lowest BCUT2D eigenvalue weighted by Crippen LogP contribution is -2.48. The Kier molecular flexibility index (Phi) is 5.19. The van der Waals surface area contributed by atoms with Crippen LogP contribution in [0, 0.1) is 0 Å². The summed E-state index contributed by atoms with van der Waals surface area (Å²) in [6.07, 6.45) is 1.37. The van der Waals surface area contributed by atoms with Crippen LogP contribution in [0.1, 0.15) is 5.82 Å². The van der Waals surface area contributed by atoms with Gasteiger partial charge in [0, 0.05) is 38.6 Å². The molecule has 1 aliphatic rings. The molecule has 0 unspecified atom stereocenters. The van der Waals surface area contributed by atoms with E-state index in [1.54, 1.807) is 4.90 Å². The third-order valence-electron chi connectivity index (χ3n) is 3.81. The Bertz CT molecular complexity index is 820. The van der Waals surface area contributed by atoms with Gasteiger partial charge < -0.3 is 14.5 Å². The first-order valence-corrected chi connectivity index (χ1v) is 7.93. The second-order valence-corrected chi connectivity index (χ2v) is 5.54. The van der Waals surface area contributed by atoms with Gasteiger partial charge in [-0.25, -0.2) is 19.9 Å². The number of amides is 1. The van der Waals surface area contributed by atoms with Crippen molar-refractivity contribution < 1.29 is 22.7 Å². The summed E-state index contributed by atoms with van der Waals surface area (Å²) in [6.45, 7) is 5.42. The van der Waals surface area contributed by atoms with Crippen LogP contribution in [0.5, 0.6) is 11.6 Å². The van der Waals surface area contributed by atoms with E-state index in [1.807, 2.05) is 4.90 Å². The van der Waals surface area contributed by atoms with E-state index in [0.717, 1.165) is 12.4 Å². The fourth-order valence-corrected chi connectivity index (χ4v) is 2.50. The van der Waals surface area contributed by atoms with E-state index >= 15 is 0 Å². The first-order chi connectivity index (χ1) is 12.9. The van der Waals surface area contributed by atoms with Crippen molar-refractivity contribution in [2.75, 3.05) is 31.1 Å². The minimum absolute atomic E-state index is 0.00483. The van der Waals surface area contributed by atoms with Gasteiger partial charge in [0.1, 0.15) is 0 Å². The zero-order chi connectivity index (χ0) is 19.4. The van der Waals surface area contributed by atoms with Crippen LogP contribution < -0.4 is 9.64 Å². The largest absolute Gasteiger partial charge is 0.451 e. The number of alkyl halides is 3. The predicted octanol–water partition coefficient (Wildman–Crippen LogP) is 1.91. The number of carbonyl (C=O) groups excluding carboxylic acids is 1. The summed E-state index contributed by atoms with van der Waals surface area (Å²) in [4.78, 5) is 30.0. The summed E-state index contributed by atoms with van der Waals surface area (Å²) in [7, 11) is 0. The van der Waals surface area contributed by atoms with Crippen LogP contribution in [0.4, 0.5) is 19.0 Å². The molecule has 0 aliphatic carbocycles. The number of aromatic nitrogens is 4. The van der Waals surface area contributed by atoms with Crippen molar-refractivity contribution in [1.82, 2.24) is 24.8 Å². The number of hydrogen-bond donors (Lipinski definition) is 0. The van der Waals surface area contributed by atoms with Crippen molar-refractivity contribution in [1.29, 1.82) is 0 Å². The standard InChI is InChI=1S/C16H15F3N6O2/c1-2-12(26)24-5-7-25(8-6-24)13-14(21-4-3-20-13)27-11-9-22-15(23-10-11)16(17,18)19/h2-4,9-10H,1,5-8H2. The van der Waals surface area contributed by atoms with Gasteiger partial charge in [-0.1, -0.05) is 6.58 Å². The fraction of sp³-hybridized carbons (Fsp3) is 0.312. The van der Waals surface area contributed by atoms with E-state index in [2.05, 4.69) is 26.5 Å². The third kappa shape index (κ3) is 4.30. The molecule has 0 aromatic carbocycles. The van der Waals surface area contributed by atoms with Crippen molar-refractivity contribution in [3.05, 3.63) is 43.3 Å². The van der Waals surface area contributed by atoms with Crippen LogP contribution in [0.2, 0.25) is 0 Å². The highest BCUT2D eigenvalue weighted by atomic mass is 19.4. The Balaban J connectivity index is 1.73. The molecule has 0 spiro atoms. The zero-order valence-corrected chi connectivity index (χ0v) is 14.1. The minimum Gasteiger partial charge on any atom is -0.433 e. The quantitative estimate of drug-likeness (QED) is 0.749. The number of nitrogens with zero attached hydrogens (tertiary/aromatic N) is 6. The molecule has 27 heavy (non-hydrogen) atoms. The van der Waals surface area contributed by atoms with E-state index in [-0.39, 0.29) is 17.5 Å². The summed E-state index contributed by atoms with van der Waals surface area (Å²) in [6, 6.07) is 0. The highest BCUT2D eigenvalue weighted by Crippen LogP contribution is 2.30. The molecule has 3 rings (SSSR count). The first-order valence-electron chi connectivity index (χ1n) is 7.93. The molecule has 1 saturated heterocycles. The number of anilines is 1. The second-order valence-electron chi connectivity index (χ2n) is 5.54. The third-order valence-corrected chi connectivity index (χ3v) is 3.81. The maximum absolute atomic E-state index is 12.5. The molecule has 0 atom stereocenters. The maximum Gasteiger partial charge on any atom is 0.451 e. The number of carbonyl (C=O) groups is 1. The van der Waals surface area contributed by atoms with E-state index in [9.17, 15) is 18.0 Å². The molecule has 142 valence electrons. The Hall–Kier alpha value is -3.24. The molecule has 0 N–H and O–H groups in total. The topological polar surface area (TPSA) is 84.3 Å². The van der Waals surface area contributed by atoms with Crippen molar-refractivity contribution in [2.45, 2.75) is 6.18 Å². The average molecular weight is 380 g/mol. The molecule has 1 amide bonds. The van der Waals surface area contributed by atoms with Crippen molar-refractivity contribution >= 4 is 11.7 Å². The maximum atomic E-state index is 12.5. The van der Waals surface area contributed by atoms with Crippen LogP contribution in [0.25, 0.3) is 0 Å².